The Kier molecular flexibility index (Phi) is 10.3. The normalized spacial score (nSPS) is 21.8. The molecule has 1 N–H and O–H groups in total. The second-order valence-electron chi connectivity index (χ2n) is 12.8. The zero-order chi connectivity index (χ0) is 31.0. The molecule has 0 radical (unpaired) electrons. The fourth-order valence-electron chi connectivity index (χ4n) is 6.87. The summed E-state index contributed by atoms with van der Waals surface area (Å²) in [5.74, 6) is 0.268. The predicted octanol–water partition coefficient (Wildman–Crippen LogP) is 5.64. The Morgan fingerprint density at radius 3 is 2.38 bits per heavy atom. The van der Waals surface area contributed by atoms with Gasteiger partial charge in [0.25, 0.3) is 11.8 Å². The van der Waals surface area contributed by atoms with Gasteiger partial charge in [0.2, 0.25) is 0 Å². The highest BCUT2D eigenvalue weighted by Crippen LogP contribution is 2.34. The second kappa shape index (κ2) is 14.9. The van der Waals surface area contributed by atoms with Gasteiger partial charge in [-0.2, -0.15) is 0 Å². The van der Waals surface area contributed by atoms with Crippen LogP contribution in [-0.2, 0) is 22.6 Å². The van der Waals surface area contributed by atoms with Crippen molar-refractivity contribution in [1.29, 1.82) is 0 Å². The van der Waals surface area contributed by atoms with Gasteiger partial charge < -0.3 is 19.9 Å². The molecule has 3 aromatic carbocycles. The summed E-state index contributed by atoms with van der Waals surface area (Å²) < 4.78 is 6.31. The van der Waals surface area contributed by atoms with Crippen LogP contribution in [0, 0.1) is 6.92 Å². The maximum absolute atomic E-state index is 13.7. The van der Waals surface area contributed by atoms with Gasteiger partial charge in [-0.05, 0) is 74.1 Å². The molecule has 1 aliphatic carbocycles. The van der Waals surface area contributed by atoms with Gasteiger partial charge in [0.05, 0.1) is 6.04 Å². The van der Waals surface area contributed by atoms with Gasteiger partial charge in [0, 0.05) is 51.4 Å². The third kappa shape index (κ3) is 8.21. The quantitative estimate of drug-likeness (QED) is 0.239. The van der Waals surface area contributed by atoms with Crippen LogP contribution in [-0.4, -0.2) is 77.9 Å². The van der Waals surface area contributed by atoms with E-state index in [-0.39, 0.29) is 24.0 Å². The average Bonchev–Trinajstić information content (AvgIpc) is 3.06. The van der Waals surface area contributed by atoms with Gasteiger partial charge in [-0.15, -0.1) is 0 Å². The lowest BCUT2D eigenvalue weighted by Gasteiger charge is -2.44. The number of nitrogens with one attached hydrogen (secondary N) is 1. The first-order valence-electron chi connectivity index (χ1n) is 16.6. The second-order valence-corrected chi connectivity index (χ2v) is 12.8. The van der Waals surface area contributed by atoms with Crippen molar-refractivity contribution in [3.05, 3.63) is 112 Å². The van der Waals surface area contributed by atoms with Crippen molar-refractivity contribution in [3.8, 4) is 0 Å². The van der Waals surface area contributed by atoms with Gasteiger partial charge in [-0.3, -0.25) is 14.5 Å². The number of carbonyl (C=O) groups is 2. The van der Waals surface area contributed by atoms with Crippen LogP contribution in [0.15, 0.2) is 84.6 Å². The standard InChI is InChI=1S/C38H46N4O3/c1-29-9-7-12-32(25-29)28-42-34-13-5-6-14-35(34)45-36(38(42)44)26-30-15-17-33(18-16-30)37(43)39-19-8-20-40-21-23-41(24-22-40)27-31-10-3-2-4-11-31/h2-4,7,9-12,15-18,25-26,34-35H,5-6,8,13-14,19-24,27-28H2,1H3,(H,39,43)/b36-26+. The van der Waals surface area contributed by atoms with E-state index in [1.807, 2.05) is 35.2 Å². The van der Waals surface area contributed by atoms with Gasteiger partial charge in [-0.1, -0.05) is 78.7 Å². The number of rotatable bonds is 10. The van der Waals surface area contributed by atoms with Gasteiger partial charge in [0.15, 0.2) is 5.76 Å². The van der Waals surface area contributed by atoms with E-state index in [0.717, 1.165) is 82.5 Å². The molecule has 3 aliphatic rings. The van der Waals surface area contributed by atoms with Crippen molar-refractivity contribution in [2.24, 2.45) is 0 Å². The largest absolute Gasteiger partial charge is 0.482 e. The molecular weight excluding hydrogens is 560 g/mol. The summed E-state index contributed by atoms with van der Waals surface area (Å²) in [5, 5.41) is 3.07. The topological polar surface area (TPSA) is 65.1 Å². The van der Waals surface area contributed by atoms with Gasteiger partial charge in [0.1, 0.15) is 6.10 Å². The molecule has 2 atom stereocenters. The number of aryl methyl sites for hydroxylation is 1. The molecule has 7 nitrogen and oxygen atoms in total. The number of carbonyl (C=O) groups excluding carboxylic acids is 2. The van der Waals surface area contributed by atoms with Crippen LogP contribution in [0.5, 0.6) is 0 Å². The maximum atomic E-state index is 13.7. The molecule has 3 aromatic rings. The maximum Gasteiger partial charge on any atom is 0.289 e. The Bertz CT molecular complexity index is 1460. The van der Waals surface area contributed by atoms with E-state index in [1.54, 1.807) is 0 Å². The number of hydrogen-bond acceptors (Lipinski definition) is 5. The van der Waals surface area contributed by atoms with Gasteiger partial charge in [-0.25, -0.2) is 0 Å². The SMILES string of the molecule is Cc1cccc(CN2C(=O)/C(=C\c3ccc(C(=O)NCCCN4CCN(Cc5ccccc5)CC4)cc3)OC3CCCCC32)c1. The number of amides is 2. The summed E-state index contributed by atoms with van der Waals surface area (Å²) in [6, 6.07) is 26.6. The fourth-order valence-corrected chi connectivity index (χ4v) is 6.87. The number of fused-ring (bicyclic) bond motifs is 1. The Balaban J connectivity index is 0.980. The molecule has 6 rings (SSSR count). The molecule has 2 saturated heterocycles. The van der Waals surface area contributed by atoms with E-state index >= 15 is 0 Å². The van der Waals surface area contributed by atoms with Crippen molar-refractivity contribution < 1.29 is 14.3 Å². The van der Waals surface area contributed by atoms with Crippen molar-refractivity contribution >= 4 is 17.9 Å². The van der Waals surface area contributed by atoms with Crippen LogP contribution in [0.2, 0.25) is 0 Å². The molecule has 0 aromatic heterocycles. The number of piperazine rings is 1. The van der Waals surface area contributed by atoms with Crippen molar-refractivity contribution in [1.82, 2.24) is 20.0 Å². The van der Waals surface area contributed by atoms with Gasteiger partial charge >= 0.3 is 0 Å². The minimum absolute atomic E-state index is 0.0238. The third-order valence-electron chi connectivity index (χ3n) is 9.37. The predicted molar refractivity (Wildman–Crippen MR) is 178 cm³/mol. The molecule has 2 unspecified atom stereocenters. The minimum atomic E-state index is -0.0683. The number of morpholine rings is 1. The zero-order valence-corrected chi connectivity index (χ0v) is 26.5. The van der Waals surface area contributed by atoms with Crippen LogP contribution < -0.4 is 5.32 Å². The van der Waals surface area contributed by atoms with E-state index in [4.69, 9.17) is 4.74 Å². The molecule has 3 fully saturated rings. The molecule has 2 aliphatic heterocycles. The summed E-state index contributed by atoms with van der Waals surface area (Å²) in [6.45, 7) is 9.60. The van der Waals surface area contributed by atoms with Crippen molar-refractivity contribution in [2.75, 3.05) is 39.3 Å². The summed E-state index contributed by atoms with van der Waals surface area (Å²) in [4.78, 5) is 33.5. The Morgan fingerprint density at radius 1 is 0.867 bits per heavy atom. The average molecular weight is 607 g/mol. The molecule has 2 heterocycles. The van der Waals surface area contributed by atoms with E-state index in [0.29, 0.717) is 24.4 Å². The Morgan fingerprint density at radius 2 is 1.60 bits per heavy atom. The first-order valence-corrected chi connectivity index (χ1v) is 16.6. The number of benzene rings is 3. The minimum Gasteiger partial charge on any atom is -0.482 e. The zero-order valence-electron chi connectivity index (χ0n) is 26.5. The highest BCUT2D eigenvalue weighted by Gasteiger charge is 2.41. The van der Waals surface area contributed by atoms with Crippen LogP contribution in [0.3, 0.4) is 0 Å². The third-order valence-corrected chi connectivity index (χ3v) is 9.37. The highest BCUT2D eigenvalue weighted by molar-refractivity contribution is 5.97. The van der Waals surface area contributed by atoms with E-state index < -0.39 is 0 Å². The van der Waals surface area contributed by atoms with E-state index in [2.05, 4.69) is 76.6 Å². The Hall–Kier alpha value is -3.94. The molecule has 0 spiro atoms. The Labute approximate surface area is 267 Å². The first-order chi connectivity index (χ1) is 22.0. The fraction of sp³-hybridized carbons (Fsp3) is 0.421. The lowest BCUT2D eigenvalue weighted by molar-refractivity contribution is -0.149. The molecule has 0 bridgehead atoms. The summed E-state index contributed by atoms with van der Waals surface area (Å²) >= 11 is 0. The summed E-state index contributed by atoms with van der Waals surface area (Å²) in [5.41, 5.74) is 5.18. The lowest BCUT2D eigenvalue weighted by Crippen LogP contribution is -2.54. The summed E-state index contributed by atoms with van der Waals surface area (Å²) in [7, 11) is 0. The van der Waals surface area contributed by atoms with E-state index in [1.165, 1.54) is 11.1 Å². The van der Waals surface area contributed by atoms with Crippen LogP contribution >= 0.6 is 0 Å². The van der Waals surface area contributed by atoms with Crippen molar-refractivity contribution in [3.63, 3.8) is 0 Å². The molecule has 7 heteroatoms. The molecule has 45 heavy (non-hydrogen) atoms. The van der Waals surface area contributed by atoms with Crippen LogP contribution in [0.4, 0.5) is 0 Å². The molecular formula is C38H46N4O3. The van der Waals surface area contributed by atoms with Crippen LogP contribution in [0.1, 0.15) is 64.7 Å². The smallest absolute Gasteiger partial charge is 0.289 e. The van der Waals surface area contributed by atoms with E-state index in [9.17, 15) is 9.59 Å². The highest BCUT2D eigenvalue weighted by atomic mass is 16.5. The molecule has 236 valence electrons. The number of nitrogens with zero attached hydrogens (tertiary/aromatic N) is 3. The lowest BCUT2D eigenvalue weighted by atomic mass is 9.89. The van der Waals surface area contributed by atoms with Crippen molar-refractivity contribution in [2.45, 2.75) is 64.3 Å². The molecule has 1 saturated carbocycles. The number of hydrogen-bond donors (Lipinski definition) is 1. The monoisotopic (exact) mass is 606 g/mol. The van der Waals surface area contributed by atoms with Crippen LogP contribution in [0.25, 0.3) is 6.08 Å². The summed E-state index contributed by atoms with van der Waals surface area (Å²) in [6.07, 6.45) is 6.96. The molecule has 2 amide bonds. The number of ether oxygens (including phenoxy) is 1. The first kappa shape index (κ1) is 31.1.